The molecule has 1 atom stereocenters. The van der Waals surface area contributed by atoms with Gasteiger partial charge in [0.25, 0.3) is 5.91 Å². The zero-order valence-electron chi connectivity index (χ0n) is 15.3. The van der Waals surface area contributed by atoms with Gasteiger partial charge in [0.2, 0.25) is 0 Å². The Morgan fingerprint density at radius 1 is 1.19 bits per heavy atom. The van der Waals surface area contributed by atoms with Crippen LogP contribution in [0.5, 0.6) is 0 Å². The van der Waals surface area contributed by atoms with Gasteiger partial charge in [0.1, 0.15) is 11.5 Å². The molecule has 1 saturated heterocycles. The second-order valence-corrected chi connectivity index (χ2v) is 6.91. The minimum atomic E-state index is -0.0578. The average Bonchev–Trinajstić information content (AvgIpc) is 3.17. The summed E-state index contributed by atoms with van der Waals surface area (Å²) < 4.78 is 2.15. The zero-order chi connectivity index (χ0) is 18.6. The van der Waals surface area contributed by atoms with Crippen molar-refractivity contribution in [1.82, 2.24) is 29.4 Å². The lowest BCUT2D eigenvalue weighted by molar-refractivity contribution is 0.0697. The van der Waals surface area contributed by atoms with Crippen LogP contribution in [0.3, 0.4) is 0 Å². The summed E-state index contributed by atoms with van der Waals surface area (Å²) in [5, 5.41) is 0. The first-order valence-electron chi connectivity index (χ1n) is 9.18. The highest BCUT2D eigenvalue weighted by atomic mass is 16.2. The summed E-state index contributed by atoms with van der Waals surface area (Å²) in [6.45, 7) is 3.99. The average molecular weight is 362 g/mol. The predicted octanol–water partition coefficient (Wildman–Crippen LogP) is 2.44. The Balaban J connectivity index is 1.50. The van der Waals surface area contributed by atoms with E-state index in [1.807, 2.05) is 36.5 Å². The lowest BCUT2D eigenvalue weighted by atomic mass is 9.96. The van der Waals surface area contributed by atoms with E-state index in [1.165, 1.54) is 0 Å². The first-order chi connectivity index (χ1) is 13.2. The maximum Gasteiger partial charge on any atom is 0.274 e. The largest absolute Gasteiger partial charge is 0.337 e. The summed E-state index contributed by atoms with van der Waals surface area (Å²) in [4.78, 5) is 31.9. The molecule has 1 aliphatic heterocycles. The van der Waals surface area contributed by atoms with E-state index in [-0.39, 0.29) is 11.8 Å². The molecule has 0 radical (unpaired) electrons. The van der Waals surface area contributed by atoms with Crippen molar-refractivity contribution in [3.8, 4) is 0 Å². The van der Waals surface area contributed by atoms with Crippen LogP contribution < -0.4 is 0 Å². The van der Waals surface area contributed by atoms with Gasteiger partial charge in [-0.15, -0.1) is 0 Å². The highest BCUT2D eigenvalue weighted by molar-refractivity contribution is 5.92. The minimum absolute atomic E-state index is 0.0578. The molecule has 0 aliphatic carbocycles. The van der Waals surface area contributed by atoms with Crippen molar-refractivity contribution in [3.63, 3.8) is 0 Å². The van der Waals surface area contributed by atoms with E-state index in [4.69, 9.17) is 0 Å². The van der Waals surface area contributed by atoms with Crippen molar-refractivity contribution in [2.75, 3.05) is 13.1 Å². The molecule has 0 bridgehead atoms. The number of likely N-dealkylation sites (tertiary alicyclic amines) is 1. The van der Waals surface area contributed by atoms with Crippen LogP contribution in [0.15, 0.2) is 49.3 Å². The Bertz CT molecular complexity index is 906. The van der Waals surface area contributed by atoms with Crippen molar-refractivity contribution in [2.24, 2.45) is 0 Å². The first-order valence-corrected chi connectivity index (χ1v) is 9.18. The molecule has 4 heterocycles. The van der Waals surface area contributed by atoms with Gasteiger partial charge in [0, 0.05) is 50.0 Å². The molecule has 1 fully saturated rings. The molecule has 0 spiro atoms. The van der Waals surface area contributed by atoms with Gasteiger partial charge in [0.15, 0.2) is 0 Å². The van der Waals surface area contributed by atoms with Gasteiger partial charge in [-0.05, 0) is 31.4 Å². The number of rotatable bonds is 4. The summed E-state index contributed by atoms with van der Waals surface area (Å²) in [5.74, 6) is 1.18. The maximum absolute atomic E-state index is 12.8. The van der Waals surface area contributed by atoms with Gasteiger partial charge >= 0.3 is 0 Å². The third-order valence-corrected chi connectivity index (χ3v) is 4.90. The van der Waals surface area contributed by atoms with Crippen LogP contribution in [-0.4, -0.2) is 48.4 Å². The van der Waals surface area contributed by atoms with E-state index >= 15 is 0 Å². The molecular weight excluding hydrogens is 340 g/mol. The Kier molecular flexibility index (Phi) is 4.91. The van der Waals surface area contributed by atoms with Crippen LogP contribution >= 0.6 is 0 Å². The predicted molar refractivity (Wildman–Crippen MR) is 100 cm³/mol. The van der Waals surface area contributed by atoms with E-state index in [9.17, 15) is 4.79 Å². The number of hydrogen-bond donors (Lipinski definition) is 0. The van der Waals surface area contributed by atoms with Gasteiger partial charge in [-0.3, -0.25) is 14.8 Å². The number of nitrogens with zero attached hydrogens (tertiary/aromatic N) is 6. The van der Waals surface area contributed by atoms with Crippen LogP contribution in [0.1, 0.15) is 46.3 Å². The highest BCUT2D eigenvalue weighted by Crippen LogP contribution is 2.27. The Morgan fingerprint density at radius 2 is 2.11 bits per heavy atom. The number of aryl methyl sites for hydroxylation is 1. The fourth-order valence-corrected chi connectivity index (χ4v) is 3.54. The van der Waals surface area contributed by atoms with E-state index in [0.717, 1.165) is 43.0 Å². The number of hydrogen-bond acceptors (Lipinski definition) is 5. The van der Waals surface area contributed by atoms with Gasteiger partial charge in [-0.2, -0.15) is 0 Å². The van der Waals surface area contributed by atoms with E-state index in [1.54, 1.807) is 18.6 Å². The summed E-state index contributed by atoms with van der Waals surface area (Å²) in [5.41, 5.74) is 2.34. The van der Waals surface area contributed by atoms with Gasteiger partial charge < -0.3 is 9.47 Å². The first kappa shape index (κ1) is 17.3. The lowest BCUT2D eigenvalue weighted by Crippen LogP contribution is -2.40. The summed E-state index contributed by atoms with van der Waals surface area (Å²) in [7, 11) is 0. The quantitative estimate of drug-likeness (QED) is 0.712. The molecule has 3 aromatic rings. The number of amides is 1. The molecule has 0 aromatic carbocycles. The van der Waals surface area contributed by atoms with Gasteiger partial charge in [-0.25, -0.2) is 9.97 Å². The second kappa shape index (κ2) is 7.65. The number of carbonyl (C=O) groups excluding carboxylic acids is 1. The van der Waals surface area contributed by atoms with Crippen molar-refractivity contribution >= 4 is 5.91 Å². The molecule has 138 valence electrons. The SMILES string of the molecule is Cc1cnc(C(=O)N2CCC[C@H](c3nccn3Cc3cccnc3)C2)cn1. The molecule has 0 saturated carbocycles. The maximum atomic E-state index is 12.8. The highest BCUT2D eigenvalue weighted by Gasteiger charge is 2.28. The summed E-state index contributed by atoms with van der Waals surface area (Å²) in [6, 6.07) is 4.00. The molecule has 1 aliphatic rings. The fraction of sp³-hybridized carbons (Fsp3) is 0.350. The molecule has 4 rings (SSSR count). The third kappa shape index (κ3) is 3.86. The minimum Gasteiger partial charge on any atom is -0.337 e. The van der Waals surface area contributed by atoms with E-state index in [0.29, 0.717) is 12.2 Å². The normalized spacial score (nSPS) is 17.1. The lowest BCUT2D eigenvalue weighted by Gasteiger charge is -2.32. The van der Waals surface area contributed by atoms with Gasteiger partial charge in [-0.1, -0.05) is 6.07 Å². The molecule has 7 heteroatoms. The third-order valence-electron chi connectivity index (χ3n) is 4.90. The summed E-state index contributed by atoms with van der Waals surface area (Å²) >= 11 is 0. The second-order valence-electron chi connectivity index (χ2n) is 6.91. The number of imidazole rings is 1. The topological polar surface area (TPSA) is 76.8 Å². The number of piperidine rings is 1. The van der Waals surface area contributed by atoms with Crippen LogP contribution in [0.4, 0.5) is 0 Å². The van der Waals surface area contributed by atoms with Crippen LogP contribution in [0.2, 0.25) is 0 Å². The smallest absolute Gasteiger partial charge is 0.274 e. The van der Waals surface area contributed by atoms with Crippen molar-refractivity contribution < 1.29 is 4.79 Å². The molecule has 7 nitrogen and oxygen atoms in total. The zero-order valence-corrected chi connectivity index (χ0v) is 15.3. The van der Waals surface area contributed by atoms with Gasteiger partial charge in [0.05, 0.1) is 18.4 Å². The molecule has 27 heavy (non-hydrogen) atoms. The number of aromatic nitrogens is 5. The van der Waals surface area contributed by atoms with Crippen molar-refractivity contribution in [1.29, 1.82) is 0 Å². The van der Waals surface area contributed by atoms with Crippen LogP contribution in [0, 0.1) is 6.92 Å². The van der Waals surface area contributed by atoms with Crippen molar-refractivity contribution in [2.45, 2.75) is 32.2 Å². The van der Waals surface area contributed by atoms with E-state index < -0.39 is 0 Å². The Hall–Kier alpha value is -3.09. The standard InChI is InChI=1S/C20H22N6O/c1-15-10-24-18(12-23-15)20(27)26-8-3-5-17(14-26)19-22-7-9-25(19)13-16-4-2-6-21-11-16/h2,4,6-7,9-12,17H,3,5,8,13-14H2,1H3/t17-/m0/s1. The van der Waals surface area contributed by atoms with Crippen molar-refractivity contribution in [3.05, 3.63) is 72.1 Å². The Morgan fingerprint density at radius 3 is 2.89 bits per heavy atom. The number of carbonyl (C=O) groups is 1. The monoisotopic (exact) mass is 362 g/mol. The molecular formula is C20H22N6O. The Labute approximate surface area is 158 Å². The van der Waals surface area contributed by atoms with Crippen LogP contribution in [0.25, 0.3) is 0 Å². The molecule has 1 amide bonds. The number of pyridine rings is 1. The fourth-order valence-electron chi connectivity index (χ4n) is 3.54. The van der Waals surface area contributed by atoms with Crippen LogP contribution in [-0.2, 0) is 6.54 Å². The molecule has 0 N–H and O–H groups in total. The molecule has 0 unspecified atom stereocenters. The summed E-state index contributed by atoms with van der Waals surface area (Å²) in [6.07, 6.45) is 12.6. The molecule has 3 aromatic heterocycles. The van der Waals surface area contributed by atoms with E-state index in [2.05, 4.69) is 30.6 Å².